The third kappa shape index (κ3) is 22.3. The van der Waals surface area contributed by atoms with E-state index in [-0.39, 0.29) is 0 Å². The molecule has 0 bridgehead atoms. The van der Waals surface area contributed by atoms with Crippen LogP contribution in [-0.4, -0.2) is 136 Å². The SMILES string of the molecule is CN(C)C=Nc1ccc(Br)c(C#Cc2ccc3ncccc3c2)n1.CN(C)C=Nc1ccc(Br)c(C#Cc2ccccc2)n1.Cc1ccc2cc(C#Cc3nc(N=CN(C)C)ccc3Br)ccc2n1.Cc1nccc2cc(C#Cc3nc(N=CN(C)C)ccc3Br)ccc12. The van der Waals surface area contributed by atoms with Gasteiger partial charge in [-0.3, -0.25) is 15.0 Å². The fraction of sp³-hybridized carbons (Fsp3) is 0.133. The summed E-state index contributed by atoms with van der Waals surface area (Å²) in [5.41, 5.74) is 10.4. The van der Waals surface area contributed by atoms with Gasteiger partial charge in [-0.2, -0.15) is 0 Å². The second-order valence-corrected chi connectivity index (χ2v) is 24.7. The quantitative estimate of drug-likeness (QED) is 0.0812. The summed E-state index contributed by atoms with van der Waals surface area (Å²) < 4.78 is 3.41. The largest absolute Gasteiger partial charge is 0.369 e. The first-order valence-corrected chi connectivity index (χ1v) is 32.2. The van der Waals surface area contributed by atoms with Gasteiger partial charge in [-0.25, -0.2) is 39.9 Å². The molecule has 11 rings (SSSR count). The third-order valence-corrected chi connectivity index (χ3v) is 15.0. The molecule has 94 heavy (non-hydrogen) atoms. The minimum atomic E-state index is 0.624. The molecule has 7 aromatic heterocycles. The van der Waals surface area contributed by atoms with E-state index in [1.54, 1.807) is 31.6 Å². The molecule has 0 unspecified atom stereocenters. The fourth-order valence-electron chi connectivity index (χ4n) is 7.98. The van der Waals surface area contributed by atoms with E-state index < -0.39 is 0 Å². The van der Waals surface area contributed by atoms with Crippen LogP contribution >= 0.6 is 63.7 Å². The van der Waals surface area contributed by atoms with Crippen molar-refractivity contribution in [3.8, 4) is 47.4 Å². The lowest BCUT2D eigenvalue weighted by Crippen LogP contribution is -2.07. The smallest absolute Gasteiger partial charge is 0.155 e. The van der Waals surface area contributed by atoms with Gasteiger partial charge in [0.15, 0.2) is 23.3 Å². The average Bonchev–Trinajstić information content (AvgIpc) is 1.12. The molecule has 0 spiro atoms. The van der Waals surface area contributed by atoms with E-state index in [1.807, 2.05) is 242 Å². The van der Waals surface area contributed by atoms with Crippen molar-refractivity contribution >= 4 is 145 Å². The Labute approximate surface area is 583 Å². The maximum atomic E-state index is 4.51. The Bertz CT molecular complexity index is 4880. The van der Waals surface area contributed by atoms with Gasteiger partial charge >= 0.3 is 0 Å². The second-order valence-electron chi connectivity index (χ2n) is 21.3. The number of aromatic nitrogens is 7. The summed E-state index contributed by atoms with van der Waals surface area (Å²) >= 11 is 13.9. The molecule has 0 aliphatic heterocycles. The van der Waals surface area contributed by atoms with E-state index in [9.17, 15) is 0 Å². The van der Waals surface area contributed by atoms with Gasteiger partial charge in [0.1, 0.15) is 22.8 Å². The number of fused-ring (bicyclic) bond motifs is 3. The van der Waals surface area contributed by atoms with Crippen LogP contribution in [0, 0.1) is 61.2 Å². The molecule has 0 N–H and O–H groups in total. The van der Waals surface area contributed by atoms with Crippen LogP contribution in [-0.2, 0) is 0 Å². The van der Waals surface area contributed by atoms with Crippen LogP contribution in [0.3, 0.4) is 0 Å². The zero-order valence-corrected chi connectivity index (χ0v) is 59.6. The first kappa shape index (κ1) is 69.6. The normalized spacial score (nSPS) is 10.6. The summed E-state index contributed by atoms with van der Waals surface area (Å²) in [4.78, 5) is 55.6. The Morgan fingerprint density at radius 1 is 0.330 bits per heavy atom. The highest BCUT2D eigenvalue weighted by molar-refractivity contribution is 9.11. The minimum absolute atomic E-state index is 0.624. The van der Waals surface area contributed by atoms with Crippen molar-refractivity contribution in [2.45, 2.75) is 13.8 Å². The van der Waals surface area contributed by atoms with Crippen molar-refractivity contribution in [1.29, 1.82) is 0 Å². The van der Waals surface area contributed by atoms with Gasteiger partial charge in [0.25, 0.3) is 0 Å². The molecule has 0 aliphatic rings. The summed E-state index contributed by atoms with van der Waals surface area (Å²) in [6, 6.07) is 53.0. The van der Waals surface area contributed by atoms with Crippen molar-refractivity contribution in [2.24, 2.45) is 20.0 Å². The highest BCUT2D eigenvalue weighted by Gasteiger charge is 2.06. The summed E-state index contributed by atoms with van der Waals surface area (Å²) in [7, 11) is 15.3. The van der Waals surface area contributed by atoms with Gasteiger partial charge in [0.2, 0.25) is 0 Å². The first-order valence-electron chi connectivity index (χ1n) is 29.0. The topological polar surface area (TPSA) is 153 Å². The molecular formula is C75H63Br4N15. The maximum absolute atomic E-state index is 4.51. The lowest BCUT2D eigenvalue weighted by Gasteiger charge is -2.03. The fourth-order valence-corrected chi connectivity index (χ4v) is 9.26. The van der Waals surface area contributed by atoms with E-state index in [0.29, 0.717) is 46.0 Å². The molecule has 19 heteroatoms. The van der Waals surface area contributed by atoms with Crippen molar-refractivity contribution in [1.82, 2.24) is 54.5 Å². The third-order valence-electron chi connectivity index (χ3n) is 12.5. The molecule has 0 saturated heterocycles. The first-order chi connectivity index (χ1) is 45.3. The van der Waals surface area contributed by atoms with Gasteiger partial charge < -0.3 is 19.6 Å². The van der Waals surface area contributed by atoms with E-state index in [2.05, 4.69) is 184 Å². The van der Waals surface area contributed by atoms with Gasteiger partial charge in [0.05, 0.1) is 54.3 Å². The van der Waals surface area contributed by atoms with Crippen LogP contribution in [0.4, 0.5) is 23.3 Å². The number of halogens is 4. The minimum Gasteiger partial charge on any atom is -0.369 e. The second kappa shape index (κ2) is 35.0. The molecule has 466 valence electrons. The number of aliphatic imine (C=N–C) groups is 4. The van der Waals surface area contributed by atoms with Crippen LogP contribution in [0.1, 0.15) is 56.4 Å². The number of benzene rings is 4. The number of aryl methyl sites for hydroxylation is 2. The molecule has 0 aliphatic carbocycles. The number of hydrogen-bond acceptors (Lipinski definition) is 11. The van der Waals surface area contributed by atoms with E-state index in [0.717, 1.165) is 84.1 Å². The summed E-state index contributed by atoms with van der Waals surface area (Å²) in [5.74, 6) is 27.5. The zero-order valence-electron chi connectivity index (χ0n) is 53.3. The Kier molecular flexibility index (Phi) is 25.9. The molecule has 7 heterocycles. The van der Waals surface area contributed by atoms with Gasteiger partial charge in [-0.1, -0.05) is 60.1 Å². The molecule has 0 saturated carbocycles. The lowest BCUT2D eigenvalue weighted by molar-refractivity contribution is 0.643. The highest BCUT2D eigenvalue weighted by atomic mass is 79.9. The van der Waals surface area contributed by atoms with Crippen molar-refractivity contribution in [2.75, 3.05) is 56.4 Å². The van der Waals surface area contributed by atoms with Crippen molar-refractivity contribution < 1.29 is 0 Å². The number of pyridine rings is 7. The van der Waals surface area contributed by atoms with Gasteiger partial charge in [-0.15, -0.1) is 0 Å². The molecule has 0 radical (unpaired) electrons. The Balaban J connectivity index is 0.000000161. The van der Waals surface area contributed by atoms with E-state index in [1.165, 1.54) is 0 Å². The average molecular weight is 1490 g/mol. The molecule has 4 aromatic carbocycles. The number of nitrogens with zero attached hydrogens (tertiary/aromatic N) is 15. The summed E-state index contributed by atoms with van der Waals surface area (Å²) in [6.45, 7) is 4.00. The Morgan fingerprint density at radius 3 is 1.16 bits per heavy atom. The number of hydrogen-bond donors (Lipinski definition) is 0. The molecule has 0 amide bonds. The summed E-state index contributed by atoms with van der Waals surface area (Å²) in [5, 5.41) is 4.43. The van der Waals surface area contributed by atoms with Crippen LogP contribution in [0.25, 0.3) is 32.6 Å². The highest BCUT2D eigenvalue weighted by Crippen LogP contribution is 2.24. The van der Waals surface area contributed by atoms with Crippen LogP contribution in [0.2, 0.25) is 0 Å². The Morgan fingerprint density at radius 2 is 0.723 bits per heavy atom. The van der Waals surface area contributed by atoms with Gasteiger partial charge in [0, 0.05) is 119 Å². The monoisotopic (exact) mass is 1490 g/mol. The lowest BCUT2D eigenvalue weighted by atomic mass is 10.1. The van der Waals surface area contributed by atoms with Crippen LogP contribution < -0.4 is 0 Å². The van der Waals surface area contributed by atoms with Crippen LogP contribution in [0.5, 0.6) is 0 Å². The predicted octanol–water partition coefficient (Wildman–Crippen LogP) is 16.1. The zero-order chi connectivity index (χ0) is 66.9. The standard InChI is InChI=1S/2C20H17BrN4.C19H15BrN4.C16H14BrN3/c1-14-4-7-16-12-15(5-9-18(16)23-14)6-10-19-17(21)8-11-20(24-19)22-13-25(2)3;1-14-17-6-4-15(12-16(17)10-11-22-14)5-8-19-18(21)7-9-20(24-19)23-13-25(2)3;1-24(2)13-22-19-10-7-16(20)18(23-19)9-6-14-5-8-17-15(12-14)4-3-11-21-17;1-20(2)12-18-16-11-9-14(17)15(19-16)10-8-13-6-4-3-5-7-13/h4-5,7-9,11-13H,1-3H3;4,6-7,9-13H,1-3H3;3-5,7-8,10-13H,1-2H3;3-7,9,11-12H,1-2H3. The van der Waals surface area contributed by atoms with Crippen molar-refractivity contribution in [3.63, 3.8) is 0 Å². The predicted molar refractivity (Wildman–Crippen MR) is 400 cm³/mol. The van der Waals surface area contributed by atoms with Crippen LogP contribution in [0.15, 0.2) is 214 Å². The Hall–Kier alpha value is -10.3. The molecule has 11 aromatic rings. The summed E-state index contributed by atoms with van der Waals surface area (Å²) in [6.07, 6.45) is 10.5. The molecule has 0 atom stereocenters. The maximum Gasteiger partial charge on any atom is 0.155 e. The molecule has 0 fully saturated rings. The number of rotatable bonds is 8. The van der Waals surface area contributed by atoms with E-state index >= 15 is 0 Å². The molecular weight excluding hydrogens is 1430 g/mol. The van der Waals surface area contributed by atoms with Gasteiger partial charge in [-0.05, 0) is 234 Å². The van der Waals surface area contributed by atoms with Crippen molar-refractivity contribution in [3.05, 3.63) is 250 Å². The van der Waals surface area contributed by atoms with E-state index in [4.69, 9.17) is 0 Å². The molecule has 15 nitrogen and oxygen atoms in total.